The number of halogens is 1. The van der Waals surface area contributed by atoms with Gasteiger partial charge in [-0.3, -0.25) is 4.79 Å². The molecule has 7 heteroatoms. The van der Waals surface area contributed by atoms with Gasteiger partial charge in [0, 0.05) is 6.54 Å². The molecule has 0 fully saturated rings. The van der Waals surface area contributed by atoms with Gasteiger partial charge in [-0.25, -0.2) is 12.8 Å². The van der Waals surface area contributed by atoms with E-state index >= 15 is 0 Å². The largest absolute Gasteiger partial charge is 0.468 e. The summed E-state index contributed by atoms with van der Waals surface area (Å²) in [4.78, 5) is 12.7. The molecule has 1 aromatic heterocycles. The van der Waals surface area contributed by atoms with Crippen molar-refractivity contribution in [2.75, 3.05) is 6.54 Å². The monoisotopic (exact) mass is 451 g/mol. The molecule has 0 saturated heterocycles. The Balaban J connectivity index is 1.56. The summed E-state index contributed by atoms with van der Waals surface area (Å²) in [5, 5.41) is 3.60. The highest BCUT2D eigenvalue weighted by atomic mass is 32.2. The number of amides is 1. The van der Waals surface area contributed by atoms with Crippen molar-refractivity contribution >= 4 is 26.5 Å². The number of furan rings is 1. The van der Waals surface area contributed by atoms with Crippen molar-refractivity contribution in [3.8, 4) is 0 Å². The minimum Gasteiger partial charge on any atom is -0.468 e. The summed E-state index contributed by atoms with van der Waals surface area (Å²) in [6, 6.07) is 20.3. The van der Waals surface area contributed by atoms with Crippen LogP contribution in [0.3, 0.4) is 0 Å². The zero-order chi connectivity index (χ0) is 22.7. The van der Waals surface area contributed by atoms with Crippen LogP contribution in [-0.2, 0) is 21.1 Å². The Morgan fingerprint density at radius 1 is 1.03 bits per heavy atom. The van der Waals surface area contributed by atoms with E-state index < -0.39 is 20.9 Å². The van der Waals surface area contributed by atoms with E-state index in [-0.39, 0.29) is 35.1 Å². The molecule has 1 heterocycles. The van der Waals surface area contributed by atoms with Crippen molar-refractivity contribution in [2.45, 2.75) is 23.5 Å². The van der Waals surface area contributed by atoms with E-state index in [4.69, 9.17) is 4.42 Å². The molecule has 3 aromatic carbocycles. The number of hydrogen-bond donors (Lipinski definition) is 1. The molecule has 0 unspecified atom stereocenters. The number of fused-ring (bicyclic) bond motifs is 1. The molecule has 0 radical (unpaired) electrons. The van der Waals surface area contributed by atoms with Gasteiger partial charge < -0.3 is 9.73 Å². The van der Waals surface area contributed by atoms with Crippen molar-refractivity contribution < 1.29 is 22.0 Å². The van der Waals surface area contributed by atoms with E-state index in [1.807, 2.05) is 42.5 Å². The SMILES string of the molecule is Cc1cc(S(=O)(=O)[C@@H](CNC(=O)Cc2cccc3ccccc23)c2ccco2)ccc1F. The van der Waals surface area contributed by atoms with Crippen molar-refractivity contribution in [3.63, 3.8) is 0 Å². The normalized spacial score (nSPS) is 12.6. The molecular formula is C25H22FNO4S. The average Bonchev–Trinajstić information content (AvgIpc) is 3.30. The number of carbonyl (C=O) groups excluding carboxylic acids is 1. The van der Waals surface area contributed by atoms with Crippen molar-refractivity contribution in [2.24, 2.45) is 0 Å². The topological polar surface area (TPSA) is 76.4 Å². The number of carbonyl (C=O) groups is 1. The maximum atomic E-state index is 13.7. The predicted molar refractivity (Wildman–Crippen MR) is 120 cm³/mol. The summed E-state index contributed by atoms with van der Waals surface area (Å²) in [5.74, 6) is -0.581. The van der Waals surface area contributed by atoms with Crippen molar-refractivity contribution in [1.82, 2.24) is 5.32 Å². The first-order chi connectivity index (χ1) is 15.4. The second-order valence-electron chi connectivity index (χ2n) is 7.58. The predicted octanol–water partition coefficient (Wildman–Crippen LogP) is 4.75. The molecule has 0 saturated carbocycles. The number of rotatable bonds is 7. The summed E-state index contributed by atoms with van der Waals surface area (Å²) in [5.41, 5.74) is 1.08. The second kappa shape index (κ2) is 8.96. The molecule has 4 rings (SSSR count). The van der Waals surface area contributed by atoms with Crippen LogP contribution in [0, 0.1) is 12.7 Å². The smallest absolute Gasteiger partial charge is 0.224 e. The van der Waals surface area contributed by atoms with Gasteiger partial charge in [0.15, 0.2) is 9.84 Å². The van der Waals surface area contributed by atoms with Crippen LogP contribution in [-0.4, -0.2) is 20.9 Å². The molecule has 1 amide bonds. The minimum absolute atomic E-state index is 0.0268. The summed E-state index contributed by atoms with van der Waals surface area (Å²) < 4.78 is 45.6. The molecule has 0 aliphatic rings. The lowest BCUT2D eigenvalue weighted by Gasteiger charge is -2.17. The quantitative estimate of drug-likeness (QED) is 0.411. The van der Waals surface area contributed by atoms with Gasteiger partial charge in [0.1, 0.15) is 16.8 Å². The molecule has 32 heavy (non-hydrogen) atoms. The lowest BCUT2D eigenvalue weighted by Crippen LogP contribution is -2.32. The molecule has 1 atom stereocenters. The van der Waals surface area contributed by atoms with Crippen LogP contribution >= 0.6 is 0 Å². The first kappa shape index (κ1) is 21.8. The van der Waals surface area contributed by atoms with Crippen LogP contribution in [0.2, 0.25) is 0 Å². The maximum Gasteiger partial charge on any atom is 0.224 e. The van der Waals surface area contributed by atoms with Crippen LogP contribution in [0.5, 0.6) is 0 Å². The van der Waals surface area contributed by atoms with Gasteiger partial charge in [-0.05, 0) is 59.2 Å². The number of aryl methyl sites for hydroxylation is 1. The van der Waals surface area contributed by atoms with Crippen LogP contribution in [0.15, 0.2) is 88.4 Å². The van der Waals surface area contributed by atoms with E-state index in [1.165, 1.54) is 25.3 Å². The fourth-order valence-corrected chi connectivity index (χ4v) is 5.35. The summed E-state index contributed by atoms with van der Waals surface area (Å²) in [6.07, 6.45) is 1.49. The summed E-state index contributed by atoms with van der Waals surface area (Å²) in [6.45, 7) is 1.33. The van der Waals surface area contributed by atoms with Crippen molar-refractivity contribution in [3.05, 3.63) is 102 Å². The van der Waals surface area contributed by atoms with Crippen LogP contribution in [0.4, 0.5) is 4.39 Å². The third-order valence-corrected chi connectivity index (χ3v) is 7.47. The highest BCUT2D eigenvalue weighted by molar-refractivity contribution is 7.91. The Labute approximate surface area is 185 Å². The van der Waals surface area contributed by atoms with Crippen LogP contribution in [0.1, 0.15) is 22.1 Å². The van der Waals surface area contributed by atoms with E-state index in [2.05, 4.69) is 5.32 Å². The molecule has 5 nitrogen and oxygen atoms in total. The zero-order valence-electron chi connectivity index (χ0n) is 17.4. The third kappa shape index (κ3) is 4.43. The number of sulfone groups is 1. The van der Waals surface area contributed by atoms with E-state index in [9.17, 15) is 17.6 Å². The Bertz CT molecular complexity index is 1360. The molecule has 164 valence electrons. The fraction of sp³-hybridized carbons (Fsp3) is 0.160. The van der Waals surface area contributed by atoms with E-state index in [0.717, 1.165) is 22.4 Å². The zero-order valence-corrected chi connectivity index (χ0v) is 18.2. The second-order valence-corrected chi connectivity index (χ2v) is 9.71. The molecular weight excluding hydrogens is 429 g/mol. The van der Waals surface area contributed by atoms with Gasteiger partial charge >= 0.3 is 0 Å². The summed E-state index contributed by atoms with van der Waals surface area (Å²) in [7, 11) is -3.94. The lowest BCUT2D eigenvalue weighted by molar-refractivity contribution is -0.120. The molecule has 4 aromatic rings. The molecule has 0 bridgehead atoms. The van der Waals surface area contributed by atoms with Gasteiger partial charge in [-0.1, -0.05) is 42.5 Å². The molecule has 0 aliphatic carbocycles. The molecule has 0 spiro atoms. The van der Waals surface area contributed by atoms with Gasteiger partial charge in [-0.2, -0.15) is 0 Å². The van der Waals surface area contributed by atoms with Gasteiger partial charge in [0.2, 0.25) is 5.91 Å². The number of hydrogen-bond acceptors (Lipinski definition) is 4. The van der Waals surface area contributed by atoms with Crippen LogP contribution < -0.4 is 5.32 Å². The third-order valence-electron chi connectivity index (χ3n) is 5.41. The Morgan fingerprint density at radius 3 is 2.56 bits per heavy atom. The Morgan fingerprint density at radius 2 is 1.81 bits per heavy atom. The standard InChI is InChI=1S/C25H22FNO4S/c1-17-14-20(11-12-22(17)26)32(29,30)24(23-10-5-13-31-23)16-27-25(28)15-19-8-4-7-18-6-2-3-9-21(18)19/h2-14,24H,15-16H2,1H3,(H,27,28)/t24-/m0/s1. The first-order valence-corrected chi connectivity index (χ1v) is 11.7. The Hall–Kier alpha value is -3.45. The minimum atomic E-state index is -3.94. The van der Waals surface area contributed by atoms with Gasteiger partial charge in [-0.15, -0.1) is 0 Å². The maximum absolute atomic E-state index is 13.7. The highest BCUT2D eigenvalue weighted by Gasteiger charge is 2.32. The molecule has 1 N–H and O–H groups in total. The van der Waals surface area contributed by atoms with E-state index in [0.29, 0.717) is 0 Å². The van der Waals surface area contributed by atoms with E-state index in [1.54, 1.807) is 12.1 Å². The van der Waals surface area contributed by atoms with Crippen LogP contribution in [0.25, 0.3) is 10.8 Å². The number of nitrogens with one attached hydrogen (secondary N) is 1. The Kier molecular flexibility index (Phi) is 6.10. The van der Waals surface area contributed by atoms with Gasteiger partial charge in [0.25, 0.3) is 0 Å². The van der Waals surface area contributed by atoms with Crippen molar-refractivity contribution in [1.29, 1.82) is 0 Å². The lowest BCUT2D eigenvalue weighted by atomic mass is 10.0. The fourth-order valence-electron chi connectivity index (χ4n) is 3.68. The number of benzene rings is 3. The summed E-state index contributed by atoms with van der Waals surface area (Å²) >= 11 is 0. The average molecular weight is 452 g/mol. The highest BCUT2D eigenvalue weighted by Crippen LogP contribution is 2.30. The first-order valence-electron chi connectivity index (χ1n) is 10.1. The molecule has 0 aliphatic heterocycles. The van der Waals surface area contributed by atoms with Gasteiger partial charge in [0.05, 0.1) is 17.6 Å².